The quantitative estimate of drug-likeness (QED) is 0.769. The molecular weight excluding hydrogens is 306 g/mol. The van der Waals surface area contributed by atoms with Gasteiger partial charge in [-0.3, -0.25) is 0 Å². The Bertz CT molecular complexity index is 501. The summed E-state index contributed by atoms with van der Waals surface area (Å²) >= 11 is 16.0. The molecule has 0 aromatic heterocycles. The van der Waals surface area contributed by atoms with E-state index in [4.69, 9.17) is 33.7 Å². The first-order valence-electron chi connectivity index (χ1n) is 3.44. The van der Waals surface area contributed by atoms with Crippen LogP contribution >= 0.6 is 38.8 Å². The Morgan fingerprint density at radius 3 is 2.00 bits per heavy atom. The maximum absolute atomic E-state index is 12.5. The van der Waals surface area contributed by atoms with E-state index in [0.717, 1.165) is 24.3 Å². The number of rotatable bonds is 2. The van der Waals surface area contributed by atoms with E-state index < -0.39 is 21.0 Å². The fourth-order valence-electron chi connectivity index (χ4n) is 0.776. The first kappa shape index (κ1) is 13.3. The lowest BCUT2D eigenvalue weighted by molar-refractivity contribution is 0.597. The fraction of sp³-hybridized carbons (Fsp3) is 0. The maximum Gasteiger partial charge on any atom is 0.284 e. The van der Waals surface area contributed by atoms with Gasteiger partial charge in [-0.05, 0) is 58.0 Å². The van der Waals surface area contributed by atoms with Crippen LogP contribution < -0.4 is 0 Å². The molecule has 0 aliphatic heterocycles. The average Bonchev–Trinajstić information content (AvgIpc) is 2.00. The summed E-state index contributed by atoms with van der Waals surface area (Å²) < 4.78 is 38.5. The van der Waals surface area contributed by atoms with Gasteiger partial charge in [0.25, 0.3) is 10.0 Å². The highest BCUT2D eigenvalue weighted by atomic mass is 36.0. The molecule has 15 heavy (non-hydrogen) atoms. The van der Waals surface area contributed by atoms with E-state index in [-0.39, 0.29) is 4.90 Å². The van der Waals surface area contributed by atoms with Crippen molar-refractivity contribution in [2.45, 2.75) is 4.90 Å². The third-order valence-electron chi connectivity index (χ3n) is 1.31. The van der Waals surface area contributed by atoms with E-state index in [2.05, 4.69) is 4.15 Å². The van der Waals surface area contributed by atoms with Gasteiger partial charge >= 0.3 is 0 Å². The van der Waals surface area contributed by atoms with E-state index in [1.54, 1.807) is 0 Å². The van der Waals surface area contributed by atoms with Crippen LogP contribution in [-0.4, -0.2) is 8.42 Å². The molecule has 1 aromatic carbocycles. The van der Waals surface area contributed by atoms with Crippen LogP contribution in [0.1, 0.15) is 0 Å². The molecule has 0 unspecified atom stereocenters. The molecular formula is C6H4Cl3FNO2PS. The molecule has 3 nitrogen and oxygen atoms in total. The van der Waals surface area contributed by atoms with Gasteiger partial charge in [-0.15, -0.1) is 4.15 Å². The molecule has 0 atom stereocenters. The van der Waals surface area contributed by atoms with Gasteiger partial charge in [0.1, 0.15) is 5.82 Å². The van der Waals surface area contributed by atoms with Gasteiger partial charge in [0.15, 0.2) is 0 Å². The predicted molar refractivity (Wildman–Crippen MR) is 60.5 cm³/mol. The molecule has 84 valence electrons. The van der Waals surface area contributed by atoms with Crippen molar-refractivity contribution < 1.29 is 12.8 Å². The minimum atomic E-state index is -4.02. The highest BCUT2D eigenvalue weighted by Crippen LogP contribution is 2.66. The van der Waals surface area contributed by atoms with E-state index in [1.165, 1.54) is 0 Å². The molecule has 9 heteroatoms. The molecule has 0 aliphatic rings. The van der Waals surface area contributed by atoms with Crippen molar-refractivity contribution in [3.63, 3.8) is 0 Å². The fourth-order valence-corrected chi connectivity index (χ4v) is 4.80. The number of sulfonamides is 1. The van der Waals surface area contributed by atoms with Crippen LogP contribution in [0.2, 0.25) is 0 Å². The summed E-state index contributed by atoms with van der Waals surface area (Å²) in [5, 5.41) is -3.35. The van der Waals surface area contributed by atoms with Crippen LogP contribution in [0, 0.1) is 5.82 Å². The van der Waals surface area contributed by atoms with Gasteiger partial charge in [0.2, 0.25) is 5.11 Å². The molecule has 0 radical (unpaired) electrons. The van der Waals surface area contributed by atoms with Crippen LogP contribution in [0.4, 0.5) is 4.39 Å². The Labute approximate surface area is 101 Å². The second-order valence-electron chi connectivity index (χ2n) is 2.43. The maximum atomic E-state index is 12.5. The van der Waals surface area contributed by atoms with Gasteiger partial charge in [0, 0.05) is 0 Å². The van der Waals surface area contributed by atoms with Gasteiger partial charge in [-0.2, -0.15) is 8.42 Å². The Morgan fingerprint density at radius 1 is 1.13 bits per heavy atom. The van der Waals surface area contributed by atoms with Crippen molar-refractivity contribution in [2.75, 3.05) is 0 Å². The molecule has 0 saturated carbocycles. The zero-order chi connectivity index (χ0) is 11.7. The summed E-state index contributed by atoms with van der Waals surface area (Å²) in [7, 11) is -4.02. The van der Waals surface area contributed by atoms with E-state index in [1.807, 2.05) is 0 Å². The lowest BCUT2D eigenvalue weighted by Crippen LogP contribution is -1.95. The van der Waals surface area contributed by atoms with Crippen LogP contribution in [0.5, 0.6) is 0 Å². The summed E-state index contributed by atoms with van der Waals surface area (Å²) in [5.41, 5.74) is 0. The summed E-state index contributed by atoms with van der Waals surface area (Å²) in [6, 6.07) is 4.07. The molecule has 1 aromatic rings. The molecule has 0 amide bonds. The van der Waals surface area contributed by atoms with Gasteiger partial charge < -0.3 is 0 Å². The summed E-state index contributed by atoms with van der Waals surface area (Å²) in [4.78, 5) is -0.213. The van der Waals surface area contributed by atoms with Crippen molar-refractivity contribution in [3.8, 4) is 0 Å². The zero-order valence-electron chi connectivity index (χ0n) is 6.94. The SMILES string of the molecule is O=S(=O)(N=P(Cl)(Cl)Cl)c1ccc(F)cc1. The Morgan fingerprint density at radius 2 is 1.60 bits per heavy atom. The second-order valence-corrected chi connectivity index (χ2v) is 11.3. The Hall–Kier alpha value is 0.200. The normalized spacial score (nSPS) is 12.5. The number of benzene rings is 1. The van der Waals surface area contributed by atoms with Crippen molar-refractivity contribution in [2.24, 2.45) is 4.15 Å². The van der Waals surface area contributed by atoms with Crippen molar-refractivity contribution >= 4 is 48.9 Å². The highest BCUT2D eigenvalue weighted by molar-refractivity contribution is 8.28. The van der Waals surface area contributed by atoms with Crippen molar-refractivity contribution in [1.29, 1.82) is 0 Å². The summed E-state index contributed by atoms with van der Waals surface area (Å²) in [5.74, 6) is -0.558. The van der Waals surface area contributed by atoms with Gasteiger partial charge in [-0.25, -0.2) is 4.39 Å². The molecule has 0 aliphatic carbocycles. The van der Waals surface area contributed by atoms with E-state index in [0.29, 0.717) is 0 Å². The van der Waals surface area contributed by atoms with Crippen LogP contribution in [0.25, 0.3) is 0 Å². The summed E-state index contributed by atoms with van der Waals surface area (Å²) in [6.45, 7) is 0. The molecule has 0 N–H and O–H groups in total. The van der Waals surface area contributed by atoms with E-state index >= 15 is 0 Å². The minimum absolute atomic E-state index is 0.213. The first-order chi connectivity index (χ1) is 6.71. The molecule has 0 bridgehead atoms. The molecule has 0 saturated heterocycles. The topological polar surface area (TPSA) is 46.5 Å². The lowest BCUT2D eigenvalue weighted by Gasteiger charge is -2.00. The van der Waals surface area contributed by atoms with Crippen LogP contribution in [-0.2, 0) is 10.0 Å². The third-order valence-corrected chi connectivity index (χ3v) is 5.45. The highest BCUT2D eigenvalue weighted by Gasteiger charge is 2.18. The lowest BCUT2D eigenvalue weighted by atomic mass is 10.4. The molecule has 0 spiro atoms. The zero-order valence-corrected chi connectivity index (χ0v) is 10.9. The predicted octanol–water partition coefficient (Wildman–Crippen LogP) is 4.18. The summed E-state index contributed by atoms with van der Waals surface area (Å²) in [6.07, 6.45) is 0. The number of hydrogen-bond acceptors (Lipinski definition) is 2. The van der Waals surface area contributed by atoms with Crippen LogP contribution in [0.15, 0.2) is 33.3 Å². The Balaban J connectivity index is 3.25. The first-order valence-corrected chi connectivity index (χ1v) is 9.33. The average molecular weight is 311 g/mol. The van der Waals surface area contributed by atoms with Crippen molar-refractivity contribution in [1.82, 2.24) is 0 Å². The largest absolute Gasteiger partial charge is 0.284 e. The number of halogens is 4. The van der Waals surface area contributed by atoms with Gasteiger partial charge in [-0.1, -0.05) is 0 Å². The second kappa shape index (κ2) is 4.60. The molecule has 0 heterocycles. The third kappa shape index (κ3) is 4.29. The number of nitrogens with zero attached hydrogens (tertiary/aromatic N) is 1. The van der Waals surface area contributed by atoms with Crippen molar-refractivity contribution in [3.05, 3.63) is 30.1 Å². The van der Waals surface area contributed by atoms with Crippen LogP contribution in [0.3, 0.4) is 0 Å². The smallest absolute Gasteiger partial charge is 0.207 e. The van der Waals surface area contributed by atoms with Gasteiger partial charge in [0.05, 0.1) is 4.90 Å². The van der Waals surface area contributed by atoms with E-state index in [9.17, 15) is 12.8 Å². The Kier molecular flexibility index (Phi) is 4.07. The monoisotopic (exact) mass is 309 g/mol. The molecule has 1 rings (SSSR count). The molecule has 0 fully saturated rings. The number of hydrogen-bond donors (Lipinski definition) is 0. The minimum Gasteiger partial charge on any atom is -0.207 e. The standard InChI is InChI=1S/C6H4Cl3FNO2PS/c7-14(8,9)11-15(12,13)6-3-1-5(10)2-4-6/h1-4H.